The first-order chi connectivity index (χ1) is 6.15. The maximum atomic E-state index is 10.4. The van der Waals surface area contributed by atoms with Crippen molar-refractivity contribution in [2.45, 2.75) is 6.92 Å². The van der Waals surface area contributed by atoms with Crippen LogP contribution >= 0.6 is 0 Å². The Kier molecular flexibility index (Phi) is 2.53. The fraction of sp³-hybridized carbons (Fsp3) is 0.143. The highest BCUT2D eigenvalue weighted by atomic mass is 16.6. The zero-order valence-electron chi connectivity index (χ0n) is 6.84. The summed E-state index contributed by atoms with van der Waals surface area (Å²) in [5.41, 5.74) is 0.815. The molecule has 13 heavy (non-hydrogen) atoms. The Balaban J connectivity index is 3.12. The third-order valence-corrected chi connectivity index (χ3v) is 1.49. The Morgan fingerprint density at radius 3 is 2.92 bits per heavy atom. The van der Waals surface area contributed by atoms with Crippen LogP contribution in [0.2, 0.25) is 0 Å². The summed E-state index contributed by atoms with van der Waals surface area (Å²) in [5.74, 6) is 0. The number of aromatic nitrogens is 1. The molecular weight excluding hydrogens is 174 g/mol. The molecule has 1 aromatic heterocycles. The van der Waals surface area contributed by atoms with E-state index in [-0.39, 0.29) is 5.69 Å². The maximum absolute atomic E-state index is 10.4. The highest BCUT2D eigenvalue weighted by molar-refractivity contribution is 5.77. The molecule has 0 unspecified atom stereocenters. The molecule has 0 spiro atoms. The summed E-state index contributed by atoms with van der Waals surface area (Å²) < 4.78 is 0. The average Bonchev–Trinajstić information content (AvgIpc) is 2.04. The molecule has 6 heteroatoms. The van der Waals surface area contributed by atoms with E-state index < -0.39 is 4.92 Å². The molecule has 0 aliphatic carbocycles. The smallest absolute Gasteiger partial charge is 0.290 e. The van der Waals surface area contributed by atoms with Crippen LogP contribution in [0.5, 0.6) is 0 Å². The quantitative estimate of drug-likeness (QED) is 0.320. The van der Waals surface area contributed by atoms with Crippen molar-refractivity contribution >= 4 is 11.9 Å². The lowest BCUT2D eigenvalue weighted by Crippen LogP contribution is -1.95. The van der Waals surface area contributed by atoms with Gasteiger partial charge in [0.1, 0.15) is 6.20 Å². The zero-order chi connectivity index (χ0) is 9.84. The Morgan fingerprint density at radius 1 is 1.77 bits per heavy atom. The summed E-state index contributed by atoms with van der Waals surface area (Å²) in [6.07, 6.45) is 2.24. The zero-order valence-corrected chi connectivity index (χ0v) is 6.84. The standard InChI is InChI=1S/C7H7N3O3/c1-5-2-6(3-9-11)8-4-7(5)10(12)13/h2-4,11H,1H3. The number of pyridine rings is 1. The van der Waals surface area contributed by atoms with Gasteiger partial charge in [-0.3, -0.25) is 10.1 Å². The maximum Gasteiger partial charge on any atom is 0.290 e. The van der Waals surface area contributed by atoms with Crippen molar-refractivity contribution in [2.75, 3.05) is 0 Å². The number of nitro groups is 1. The lowest BCUT2D eigenvalue weighted by Gasteiger charge is -1.96. The molecule has 0 fully saturated rings. The van der Waals surface area contributed by atoms with E-state index in [1.807, 2.05) is 0 Å². The second-order valence-corrected chi connectivity index (χ2v) is 2.40. The largest absolute Gasteiger partial charge is 0.411 e. The molecule has 6 nitrogen and oxygen atoms in total. The van der Waals surface area contributed by atoms with Gasteiger partial charge in [-0.15, -0.1) is 0 Å². The summed E-state index contributed by atoms with van der Waals surface area (Å²) in [5, 5.41) is 21.3. The van der Waals surface area contributed by atoms with Gasteiger partial charge in [-0.25, -0.2) is 4.98 Å². The van der Waals surface area contributed by atoms with Gasteiger partial charge in [-0.05, 0) is 13.0 Å². The van der Waals surface area contributed by atoms with Gasteiger partial charge in [0.05, 0.1) is 16.8 Å². The van der Waals surface area contributed by atoms with Crippen LogP contribution in [0.25, 0.3) is 0 Å². The predicted molar refractivity (Wildman–Crippen MR) is 45.0 cm³/mol. The lowest BCUT2D eigenvalue weighted by atomic mass is 10.2. The van der Waals surface area contributed by atoms with E-state index in [2.05, 4.69) is 10.1 Å². The SMILES string of the molecule is Cc1cc(C=NO)ncc1[N+](=O)[O-]. The van der Waals surface area contributed by atoms with Gasteiger partial charge in [0.25, 0.3) is 5.69 Å². The van der Waals surface area contributed by atoms with Crippen LogP contribution in [0.4, 0.5) is 5.69 Å². The molecular formula is C7H7N3O3. The summed E-state index contributed by atoms with van der Waals surface area (Å²) in [6.45, 7) is 1.59. The van der Waals surface area contributed by atoms with Gasteiger partial charge in [-0.2, -0.15) is 0 Å². The minimum Gasteiger partial charge on any atom is -0.411 e. The molecule has 0 saturated heterocycles. The molecule has 1 N–H and O–H groups in total. The Hall–Kier alpha value is -1.98. The molecule has 0 aliphatic rings. The van der Waals surface area contributed by atoms with E-state index in [9.17, 15) is 10.1 Å². The molecule has 0 saturated carbocycles. The number of nitrogens with zero attached hydrogens (tertiary/aromatic N) is 3. The second kappa shape index (κ2) is 3.61. The summed E-state index contributed by atoms with van der Waals surface area (Å²) in [7, 11) is 0. The third-order valence-electron chi connectivity index (χ3n) is 1.49. The second-order valence-electron chi connectivity index (χ2n) is 2.40. The van der Waals surface area contributed by atoms with Crippen molar-refractivity contribution in [2.24, 2.45) is 5.16 Å². The number of hydrogen-bond acceptors (Lipinski definition) is 5. The average molecular weight is 181 g/mol. The molecule has 1 rings (SSSR count). The van der Waals surface area contributed by atoms with Crippen molar-refractivity contribution in [1.82, 2.24) is 4.98 Å². The molecule has 0 bridgehead atoms. The van der Waals surface area contributed by atoms with E-state index in [0.717, 1.165) is 12.4 Å². The van der Waals surface area contributed by atoms with Crippen molar-refractivity contribution < 1.29 is 10.1 Å². The summed E-state index contributed by atoms with van der Waals surface area (Å²) in [6, 6.07) is 1.47. The van der Waals surface area contributed by atoms with Gasteiger partial charge < -0.3 is 5.21 Å². The highest BCUT2D eigenvalue weighted by Gasteiger charge is 2.10. The monoisotopic (exact) mass is 181 g/mol. The van der Waals surface area contributed by atoms with Crippen LogP contribution < -0.4 is 0 Å². The molecule has 0 radical (unpaired) electrons. The molecule has 1 aromatic rings. The number of oxime groups is 1. The number of aryl methyl sites for hydroxylation is 1. The van der Waals surface area contributed by atoms with Gasteiger partial charge >= 0.3 is 0 Å². The molecule has 0 amide bonds. The van der Waals surface area contributed by atoms with Crippen LogP contribution in [0.15, 0.2) is 17.4 Å². The Labute approximate surface area is 73.7 Å². The fourth-order valence-electron chi connectivity index (χ4n) is 0.891. The minimum atomic E-state index is -0.512. The van der Waals surface area contributed by atoms with Crippen LogP contribution in [0.3, 0.4) is 0 Å². The molecule has 0 atom stereocenters. The Morgan fingerprint density at radius 2 is 2.46 bits per heavy atom. The van der Waals surface area contributed by atoms with Crippen LogP contribution in [0.1, 0.15) is 11.3 Å². The van der Waals surface area contributed by atoms with Crippen LogP contribution in [-0.4, -0.2) is 21.3 Å². The van der Waals surface area contributed by atoms with Crippen molar-refractivity contribution in [3.8, 4) is 0 Å². The highest BCUT2D eigenvalue weighted by Crippen LogP contribution is 2.15. The first kappa shape index (κ1) is 9.11. The molecule has 0 aliphatic heterocycles. The van der Waals surface area contributed by atoms with Crippen molar-refractivity contribution in [3.63, 3.8) is 0 Å². The van der Waals surface area contributed by atoms with E-state index in [4.69, 9.17) is 5.21 Å². The van der Waals surface area contributed by atoms with E-state index in [1.54, 1.807) is 6.92 Å². The van der Waals surface area contributed by atoms with E-state index >= 15 is 0 Å². The predicted octanol–water partition coefficient (Wildman–Crippen LogP) is 1.11. The van der Waals surface area contributed by atoms with Crippen LogP contribution in [-0.2, 0) is 0 Å². The normalized spacial score (nSPS) is 10.5. The third kappa shape index (κ3) is 1.98. The summed E-state index contributed by atoms with van der Waals surface area (Å²) in [4.78, 5) is 13.6. The van der Waals surface area contributed by atoms with Gasteiger partial charge in [0, 0.05) is 5.56 Å². The molecule has 1 heterocycles. The van der Waals surface area contributed by atoms with Gasteiger partial charge in [-0.1, -0.05) is 5.16 Å². The fourth-order valence-corrected chi connectivity index (χ4v) is 0.891. The summed E-state index contributed by atoms with van der Waals surface area (Å²) >= 11 is 0. The first-order valence-electron chi connectivity index (χ1n) is 3.43. The van der Waals surface area contributed by atoms with Crippen molar-refractivity contribution in [3.05, 3.63) is 33.6 Å². The topological polar surface area (TPSA) is 88.6 Å². The molecule has 68 valence electrons. The van der Waals surface area contributed by atoms with Gasteiger partial charge in [0.2, 0.25) is 0 Å². The van der Waals surface area contributed by atoms with E-state index in [1.165, 1.54) is 6.07 Å². The minimum absolute atomic E-state index is 0.0462. The van der Waals surface area contributed by atoms with Crippen LogP contribution in [0, 0.1) is 17.0 Å². The first-order valence-corrected chi connectivity index (χ1v) is 3.43. The Bertz CT molecular complexity index is 362. The van der Waals surface area contributed by atoms with E-state index in [0.29, 0.717) is 11.3 Å². The molecule has 0 aromatic carbocycles. The van der Waals surface area contributed by atoms with Gasteiger partial charge in [0.15, 0.2) is 0 Å². The lowest BCUT2D eigenvalue weighted by molar-refractivity contribution is -0.385. The number of hydrogen-bond donors (Lipinski definition) is 1. The van der Waals surface area contributed by atoms with Crippen molar-refractivity contribution in [1.29, 1.82) is 0 Å². The number of rotatable bonds is 2.